The molecule has 0 radical (unpaired) electrons. The van der Waals surface area contributed by atoms with Crippen molar-refractivity contribution in [2.45, 2.75) is 45.6 Å². The lowest BCUT2D eigenvalue weighted by molar-refractivity contribution is -0.125. The van der Waals surface area contributed by atoms with E-state index in [9.17, 15) is 9.90 Å². The number of piperidine rings is 1. The van der Waals surface area contributed by atoms with Crippen molar-refractivity contribution in [2.24, 2.45) is 11.8 Å². The first-order chi connectivity index (χ1) is 13.3. The Bertz CT molecular complexity index is 803. The lowest BCUT2D eigenvalue weighted by Gasteiger charge is -2.46. The molecule has 1 aliphatic heterocycles. The molecule has 1 heterocycles. The summed E-state index contributed by atoms with van der Waals surface area (Å²) in [5, 5.41) is 10.8. The second kappa shape index (κ2) is 8.59. The molecule has 1 N–H and O–H groups in total. The van der Waals surface area contributed by atoms with Gasteiger partial charge in [0.05, 0.1) is 12.0 Å². The molecule has 150 valence electrons. The van der Waals surface area contributed by atoms with Gasteiger partial charge < -0.3 is 10.0 Å². The third-order valence-electron chi connectivity index (χ3n) is 6.74. The van der Waals surface area contributed by atoms with Crippen LogP contribution in [0.25, 0.3) is 0 Å². The third-order valence-corrected chi connectivity index (χ3v) is 6.74. The number of hydrogen-bond acceptors (Lipinski definition) is 3. The van der Waals surface area contributed by atoms with Gasteiger partial charge in [0.15, 0.2) is 0 Å². The van der Waals surface area contributed by atoms with Crippen molar-refractivity contribution in [1.29, 1.82) is 0 Å². The topological polar surface area (TPSA) is 40.5 Å². The van der Waals surface area contributed by atoms with Crippen molar-refractivity contribution in [2.75, 3.05) is 19.6 Å². The first kappa shape index (κ1) is 20.8. The van der Waals surface area contributed by atoms with Gasteiger partial charge in [0.1, 0.15) is 5.78 Å². The van der Waals surface area contributed by atoms with E-state index < -0.39 is 12.0 Å². The highest BCUT2D eigenvalue weighted by molar-refractivity contribution is 5.79. The molecule has 0 saturated carbocycles. The molecule has 3 nitrogen and oxygen atoms in total. The van der Waals surface area contributed by atoms with E-state index in [1.54, 1.807) is 6.92 Å². The molecule has 0 aromatic heterocycles. The van der Waals surface area contributed by atoms with E-state index in [2.05, 4.69) is 49.9 Å². The van der Waals surface area contributed by atoms with Crippen LogP contribution in [0.3, 0.4) is 0 Å². The molecule has 0 bridgehead atoms. The van der Waals surface area contributed by atoms with E-state index in [1.165, 1.54) is 11.1 Å². The van der Waals surface area contributed by atoms with Crippen LogP contribution in [0.15, 0.2) is 54.6 Å². The van der Waals surface area contributed by atoms with Crippen LogP contribution < -0.4 is 0 Å². The lowest BCUT2D eigenvalue weighted by Crippen LogP contribution is -2.49. The number of Topliss-reactive ketones (excluding diaryl/α,β-unsaturated/α-hetero) is 1. The molecule has 0 amide bonds. The average Bonchev–Trinajstić information content (AvgIpc) is 2.69. The van der Waals surface area contributed by atoms with Crippen LogP contribution in [-0.4, -0.2) is 35.4 Å². The van der Waals surface area contributed by atoms with Gasteiger partial charge in [0, 0.05) is 13.1 Å². The van der Waals surface area contributed by atoms with Crippen LogP contribution in [0, 0.1) is 18.8 Å². The highest BCUT2D eigenvalue weighted by Crippen LogP contribution is 2.40. The summed E-state index contributed by atoms with van der Waals surface area (Å²) in [6.07, 6.45) is 0.308. The van der Waals surface area contributed by atoms with Gasteiger partial charge in [0.25, 0.3) is 0 Å². The fourth-order valence-corrected chi connectivity index (χ4v) is 4.52. The second-order valence-electron chi connectivity index (χ2n) is 8.77. The van der Waals surface area contributed by atoms with Gasteiger partial charge in [-0.1, -0.05) is 74.0 Å². The molecular weight excluding hydrogens is 346 g/mol. The summed E-state index contributed by atoms with van der Waals surface area (Å²) in [7, 11) is 0. The molecule has 0 aliphatic carbocycles. The number of nitrogens with zero attached hydrogens (tertiary/aromatic N) is 1. The van der Waals surface area contributed by atoms with Crippen molar-refractivity contribution >= 4 is 5.78 Å². The molecule has 0 spiro atoms. The van der Waals surface area contributed by atoms with Crippen molar-refractivity contribution in [3.8, 4) is 0 Å². The summed E-state index contributed by atoms with van der Waals surface area (Å²) in [6, 6.07) is 18.4. The van der Waals surface area contributed by atoms with E-state index >= 15 is 0 Å². The SMILES string of the molecule is CC(=O)C(CN1CCC(C)(c2cccc(C)c2)C(C)C1)C(O)c1ccccc1. The predicted molar refractivity (Wildman–Crippen MR) is 114 cm³/mol. The number of carbonyl (C=O) groups is 1. The third kappa shape index (κ3) is 4.37. The maximum absolute atomic E-state index is 12.3. The highest BCUT2D eigenvalue weighted by Gasteiger charge is 2.39. The Morgan fingerprint density at radius 2 is 1.93 bits per heavy atom. The van der Waals surface area contributed by atoms with Gasteiger partial charge in [-0.25, -0.2) is 0 Å². The number of aryl methyl sites for hydroxylation is 1. The van der Waals surface area contributed by atoms with Crippen LogP contribution in [-0.2, 0) is 10.2 Å². The minimum atomic E-state index is -0.751. The molecule has 1 saturated heterocycles. The molecule has 2 aromatic carbocycles. The van der Waals surface area contributed by atoms with E-state index in [-0.39, 0.29) is 11.2 Å². The average molecular weight is 380 g/mol. The van der Waals surface area contributed by atoms with Crippen molar-refractivity contribution < 1.29 is 9.90 Å². The molecule has 3 rings (SSSR count). The number of hydrogen-bond donors (Lipinski definition) is 1. The lowest BCUT2D eigenvalue weighted by atomic mass is 9.67. The Hall–Kier alpha value is -1.97. The van der Waals surface area contributed by atoms with Crippen molar-refractivity contribution in [3.63, 3.8) is 0 Å². The van der Waals surface area contributed by atoms with E-state index in [4.69, 9.17) is 0 Å². The zero-order valence-corrected chi connectivity index (χ0v) is 17.6. The fraction of sp³-hybridized carbons (Fsp3) is 0.480. The van der Waals surface area contributed by atoms with Gasteiger partial charge in [-0.2, -0.15) is 0 Å². The minimum Gasteiger partial charge on any atom is -0.388 e. The number of carbonyl (C=O) groups excluding carboxylic acids is 1. The van der Waals surface area contributed by atoms with E-state index in [0.717, 1.165) is 25.1 Å². The first-order valence-corrected chi connectivity index (χ1v) is 10.3. The number of ketones is 1. The first-order valence-electron chi connectivity index (χ1n) is 10.3. The molecule has 1 fully saturated rings. The monoisotopic (exact) mass is 379 g/mol. The summed E-state index contributed by atoms with van der Waals surface area (Å²) in [5.74, 6) is 0.137. The molecule has 4 atom stereocenters. The highest BCUT2D eigenvalue weighted by atomic mass is 16.3. The summed E-state index contributed by atoms with van der Waals surface area (Å²) in [6.45, 7) is 10.9. The van der Waals surface area contributed by atoms with Crippen molar-refractivity contribution in [1.82, 2.24) is 4.90 Å². The molecule has 1 aliphatic rings. The summed E-state index contributed by atoms with van der Waals surface area (Å²) in [4.78, 5) is 14.7. The van der Waals surface area contributed by atoms with Gasteiger partial charge >= 0.3 is 0 Å². The zero-order chi connectivity index (χ0) is 20.3. The second-order valence-corrected chi connectivity index (χ2v) is 8.77. The number of aliphatic hydroxyl groups is 1. The molecule has 3 heteroatoms. The zero-order valence-electron chi connectivity index (χ0n) is 17.6. The molecule has 4 unspecified atom stereocenters. The Morgan fingerprint density at radius 3 is 2.54 bits per heavy atom. The number of rotatable bonds is 6. The number of likely N-dealkylation sites (tertiary alicyclic amines) is 1. The van der Waals surface area contributed by atoms with Crippen LogP contribution in [0.5, 0.6) is 0 Å². The predicted octanol–water partition coefficient (Wildman–Crippen LogP) is 4.53. The summed E-state index contributed by atoms with van der Waals surface area (Å²) < 4.78 is 0. The van der Waals surface area contributed by atoms with Crippen LogP contribution in [0.2, 0.25) is 0 Å². The number of benzene rings is 2. The quantitative estimate of drug-likeness (QED) is 0.801. The molecule has 28 heavy (non-hydrogen) atoms. The van der Waals surface area contributed by atoms with Crippen molar-refractivity contribution in [3.05, 3.63) is 71.3 Å². The van der Waals surface area contributed by atoms with E-state index in [0.29, 0.717) is 12.5 Å². The van der Waals surface area contributed by atoms with Gasteiger partial charge in [-0.15, -0.1) is 0 Å². The van der Waals surface area contributed by atoms with Crippen LogP contribution in [0.4, 0.5) is 0 Å². The molecular formula is C25H33NO2. The minimum absolute atomic E-state index is 0.0519. The Labute approximate surface area is 169 Å². The van der Waals surface area contributed by atoms with Gasteiger partial charge in [-0.05, 0) is 49.3 Å². The van der Waals surface area contributed by atoms with Gasteiger partial charge in [-0.3, -0.25) is 4.79 Å². The number of aliphatic hydroxyl groups excluding tert-OH is 1. The Balaban J connectivity index is 1.71. The maximum atomic E-state index is 12.3. The summed E-state index contributed by atoms with van der Waals surface area (Å²) in [5.41, 5.74) is 3.67. The maximum Gasteiger partial charge on any atom is 0.137 e. The largest absolute Gasteiger partial charge is 0.388 e. The molecule has 2 aromatic rings. The summed E-state index contributed by atoms with van der Waals surface area (Å²) >= 11 is 0. The standard InChI is InChI=1S/C25H33NO2/c1-18-9-8-12-22(15-18)25(4)13-14-26(16-19(25)2)17-23(20(3)27)24(28)21-10-6-5-7-11-21/h5-12,15,19,23-24,28H,13-14,16-17H2,1-4H3. The Morgan fingerprint density at radius 1 is 1.21 bits per heavy atom. The van der Waals surface area contributed by atoms with Crippen LogP contribution in [0.1, 0.15) is 50.0 Å². The fourth-order valence-electron chi connectivity index (χ4n) is 4.52. The van der Waals surface area contributed by atoms with E-state index in [1.807, 2.05) is 30.3 Å². The Kier molecular flexibility index (Phi) is 6.36. The smallest absolute Gasteiger partial charge is 0.137 e. The normalized spacial score (nSPS) is 25.2. The van der Waals surface area contributed by atoms with Crippen LogP contribution >= 0.6 is 0 Å². The van der Waals surface area contributed by atoms with Gasteiger partial charge in [0.2, 0.25) is 0 Å².